The van der Waals surface area contributed by atoms with Crippen LogP contribution in [0, 0.1) is 12.8 Å². The molecule has 1 amide bonds. The number of nitrogens with zero attached hydrogens (tertiary/aromatic N) is 2. The fourth-order valence-corrected chi connectivity index (χ4v) is 5.69. The van der Waals surface area contributed by atoms with Crippen molar-refractivity contribution in [3.63, 3.8) is 0 Å². The minimum atomic E-state index is -0.475. The van der Waals surface area contributed by atoms with E-state index in [9.17, 15) is 9.18 Å². The maximum atomic E-state index is 14.7. The first-order valence-electron chi connectivity index (χ1n) is 13.0. The number of aromatic nitrogens is 2. The van der Waals surface area contributed by atoms with Gasteiger partial charge in [0.25, 0.3) is 5.91 Å². The number of rotatable bonds is 7. The van der Waals surface area contributed by atoms with Gasteiger partial charge in [-0.1, -0.05) is 57.2 Å². The van der Waals surface area contributed by atoms with Crippen molar-refractivity contribution in [1.29, 1.82) is 0 Å². The van der Waals surface area contributed by atoms with E-state index in [0.717, 1.165) is 31.2 Å². The Labute approximate surface area is 208 Å². The fraction of sp³-hybridized carbons (Fsp3) is 0.517. The molecule has 0 saturated heterocycles. The summed E-state index contributed by atoms with van der Waals surface area (Å²) in [6.45, 7) is 12.5. The minimum Gasteiger partial charge on any atom is -0.366 e. The van der Waals surface area contributed by atoms with Crippen molar-refractivity contribution in [1.82, 2.24) is 15.1 Å². The summed E-state index contributed by atoms with van der Waals surface area (Å²) in [5.74, 6) is 0.186. The summed E-state index contributed by atoms with van der Waals surface area (Å²) >= 11 is 0. The molecule has 2 aliphatic rings. The Morgan fingerprint density at radius 2 is 1.91 bits per heavy atom. The molecular formula is C29H39FN4O. The second-order valence-electron chi connectivity index (χ2n) is 10.6. The van der Waals surface area contributed by atoms with Gasteiger partial charge in [-0.15, -0.1) is 0 Å². The van der Waals surface area contributed by atoms with Gasteiger partial charge in [0.15, 0.2) is 0 Å². The number of amides is 1. The maximum absolute atomic E-state index is 14.7. The lowest BCUT2D eigenvalue weighted by Crippen LogP contribution is -2.47. The average molecular weight is 479 g/mol. The van der Waals surface area contributed by atoms with Crippen LogP contribution in [0.1, 0.15) is 87.5 Å². The Kier molecular flexibility index (Phi) is 6.94. The van der Waals surface area contributed by atoms with Crippen LogP contribution in [0.4, 0.5) is 10.2 Å². The number of carbonyl (C=O) groups is 1. The van der Waals surface area contributed by atoms with Gasteiger partial charge in [0, 0.05) is 12.0 Å². The molecule has 0 fully saturated rings. The van der Waals surface area contributed by atoms with Gasteiger partial charge in [0.1, 0.15) is 17.2 Å². The highest BCUT2D eigenvalue weighted by Gasteiger charge is 2.42. The Morgan fingerprint density at radius 3 is 2.51 bits per heavy atom. The smallest absolute Gasteiger partial charge is 0.257 e. The molecule has 5 nitrogen and oxygen atoms in total. The van der Waals surface area contributed by atoms with Crippen LogP contribution in [-0.4, -0.2) is 21.7 Å². The zero-order valence-electron chi connectivity index (χ0n) is 21.9. The molecule has 0 radical (unpaired) electrons. The summed E-state index contributed by atoms with van der Waals surface area (Å²) in [6.07, 6.45) is 9.23. The summed E-state index contributed by atoms with van der Waals surface area (Å²) in [7, 11) is 0. The van der Waals surface area contributed by atoms with Crippen LogP contribution in [0.3, 0.4) is 0 Å². The first-order chi connectivity index (χ1) is 16.7. The predicted octanol–water partition coefficient (Wildman–Crippen LogP) is 6.55. The topological polar surface area (TPSA) is 59.0 Å². The second-order valence-corrected chi connectivity index (χ2v) is 10.6. The van der Waals surface area contributed by atoms with Gasteiger partial charge in [-0.2, -0.15) is 5.10 Å². The van der Waals surface area contributed by atoms with Crippen molar-refractivity contribution >= 4 is 11.7 Å². The van der Waals surface area contributed by atoms with E-state index in [-0.39, 0.29) is 29.2 Å². The highest BCUT2D eigenvalue weighted by Crippen LogP contribution is 2.41. The van der Waals surface area contributed by atoms with Gasteiger partial charge in [0.2, 0.25) is 0 Å². The van der Waals surface area contributed by atoms with Crippen LogP contribution in [0.2, 0.25) is 0 Å². The van der Waals surface area contributed by atoms with Crippen LogP contribution in [-0.2, 0) is 17.5 Å². The summed E-state index contributed by atoms with van der Waals surface area (Å²) < 4.78 is 16.7. The van der Waals surface area contributed by atoms with Crippen molar-refractivity contribution in [3.8, 4) is 0 Å². The van der Waals surface area contributed by atoms with Gasteiger partial charge in [-0.05, 0) is 70.1 Å². The van der Waals surface area contributed by atoms with Gasteiger partial charge in [-0.3, -0.25) is 4.79 Å². The number of hydrogen-bond donors (Lipinski definition) is 2. The molecule has 0 saturated carbocycles. The van der Waals surface area contributed by atoms with E-state index in [0.29, 0.717) is 23.5 Å². The van der Waals surface area contributed by atoms with Crippen LogP contribution in [0.5, 0.6) is 0 Å². The molecule has 6 heteroatoms. The summed E-state index contributed by atoms with van der Waals surface area (Å²) in [6, 6.07) is 8.43. The zero-order valence-corrected chi connectivity index (χ0v) is 21.9. The Balaban J connectivity index is 1.69. The number of nitrogens with one attached hydrogen (secondary N) is 2. The molecule has 2 heterocycles. The quantitative estimate of drug-likeness (QED) is 0.474. The minimum absolute atomic E-state index is 0.108. The van der Waals surface area contributed by atoms with Crippen molar-refractivity contribution in [2.75, 3.05) is 5.32 Å². The number of fused-ring (bicyclic) bond motifs is 1. The van der Waals surface area contributed by atoms with Crippen molar-refractivity contribution in [2.24, 2.45) is 5.92 Å². The van der Waals surface area contributed by atoms with E-state index in [1.807, 2.05) is 17.7 Å². The third-order valence-electron chi connectivity index (χ3n) is 8.00. The molecule has 1 aromatic heterocycles. The van der Waals surface area contributed by atoms with Crippen molar-refractivity contribution in [2.45, 2.75) is 90.8 Å². The molecule has 0 spiro atoms. The highest BCUT2D eigenvalue weighted by atomic mass is 19.1. The third kappa shape index (κ3) is 4.55. The standard InChI is InChI=1S/C29H39FN4O/c1-7-20-14-16-21(17-15-20)29(8-2,9-3)32-27(35)25-19(4)33-34-26(25)31-24(18-28(34,5)6)22-12-10-11-13-23(22)30/h10-11,13-17,22,24,31H,7-9,12,18H2,1-6H3,(H,32,35)/t22?,24-/m1/s1. The van der Waals surface area contributed by atoms with Crippen LogP contribution in [0.25, 0.3) is 0 Å². The lowest BCUT2D eigenvalue weighted by atomic mass is 9.82. The molecule has 0 bridgehead atoms. The Morgan fingerprint density at radius 1 is 1.23 bits per heavy atom. The molecule has 4 rings (SSSR count). The van der Waals surface area contributed by atoms with Crippen LogP contribution in [0.15, 0.2) is 48.3 Å². The Bertz CT molecular complexity index is 1140. The van der Waals surface area contributed by atoms with E-state index in [1.54, 1.807) is 12.2 Å². The summed E-state index contributed by atoms with van der Waals surface area (Å²) in [5, 5.41) is 11.7. The molecule has 188 valence electrons. The number of anilines is 1. The van der Waals surface area contributed by atoms with E-state index in [2.05, 4.69) is 69.5 Å². The average Bonchev–Trinajstić information content (AvgIpc) is 3.19. The molecule has 1 aliphatic carbocycles. The monoisotopic (exact) mass is 478 g/mol. The number of aryl methyl sites for hydroxylation is 2. The number of carbonyl (C=O) groups excluding carboxylic acids is 1. The van der Waals surface area contributed by atoms with Crippen LogP contribution >= 0.6 is 0 Å². The number of halogens is 1. The second kappa shape index (κ2) is 9.63. The van der Waals surface area contributed by atoms with E-state index >= 15 is 0 Å². The largest absolute Gasteiger partial charge is 0.366 e. The SMILES string of the molecule is CCc1ccc(C(CC)(CC)NC(=O)c2c(C)nn3c2N[C@@H](C2CC=CC=C2F)CC3(C)C)cc1. The van der Waals surface area contributed by atoms with Gasteiger partial charge in [0.05, 0.1) is 16.8 Å². The van der Waals surface area contributed by atoms with Crippen molar-refractivity contribution < 1.29 is 9.18 Å². The molecule has 2 N–H and O–H groups in total. The Hall–Kier alpha value is -2.89. The van der Waals surface area contributed by atoms with E-state index < -0.39 is 5.54 Å². The van der Waals surface area contributed by atoms with Gasteiger partial charge >= 0.3 is 0 Å². The summed E-state index contributed by atoms with van der Waals surface area (Å²) in [5.41, 5.74) is 2.80. The highest BCUT2D eigenvalue weighted by molar-refractivity contribution is 6.00. The first kappa shape index (κ1) is 25.2. The number of hydrogen-bond acceptors (Lipinski definition) is 3. The lowest BCUT2D eigenvalue weighted by Gasteiger charge is -2.41. The van der Waals surface area contributed by atoms with E-state index in [4.69, 9.17) is 5.10 Å². The number of benzene rings is 1. The molecular weight excluding hydrogens is 439 g/mol. The summed E-state index contributed by atoms with van der Waals surface area (Å²) in [4.78, 5) is 13.9. The zero-order chi connectivity index (χ0) is 25.4. The molecule has 2 aromatic rings. The fourth-order valence-electron chi connectivity index (χ4n) is 5.69. The normalized spacial score (nSPS) is 21.2. The van der Waals surface area contributed by atoms with Gasteiger partial charge in [-0.25, -0.2) is 9.07 Å². The predicted molar refractivity (Wildman–Crippen MR) is 140 cm³/mol. The lowest BCUT2D eigenvalue weighted by molar-refractivity contribution is 0.0889. The van der Waals surface area contributed by atoms with Crippen LogP contribution < -0.4 is 10.6 Å². The molecule has 1 unspecified atom stereocenters. The van der Waals surface area contributed by atoms with E-state index in [1.165, 1.54) is 5.56 Å². The molecule has 1 aliphatic heterocycles. The molecule has 1 aromatic carbocycles. The van der Waals surface area contributed by atoms with Gasteiger partial charge < -0.3 is 10.6 Å². The first-order valence-corrected chi connectivity index (χ1v) is 13.0. The van der Waals surface area contributed by atoms with Crippen molar-refractivity contribution in [3.05, 3.63) is 70.7 Å². The third-order valence-corrected chi connectivity index (χ3v) is 8.00. The maximum Gasteiger partial charge on any atom is 0.257 e. The number of allylic oxidation sites excluding steroid dienone is 3. The molecule has 35 heavy (non-hydrogen) atoms. The molecule has 2 atom stereocenters.